The Labute approximate surface area is 220 Å². The summed E-state index contributed by atoms with van der Waals surface area (Å²) in [7, 11) is 0. The molecule has 1 aliphatic heterocycles. The van der Waals surface area contributed by atoms with Crippen molar-refractivity contribution < 1.29 is 9.53 Å². The fourth-order valence-electron chi connectivity index (χ4n) is 4.00. The van der Waals surface area contributed by atoms with Crippen molar-refractivity contribution in [2.75, 3.05) is 18.4 Å². The molecule has 0 unspecified atom stereocenters. The molecule has 0 aliphatic carbocycles. The molecule has 2 aromatic heterocycles. The number of rotatable bonds is 5. The van der Waals surface area contributed by atoms with Crippen LogP contribution in [0.2, 0.25) is 10.0 Å². The molecule has 1 atom stereocenters. The highest BCUT2D eigenvalue weighted by Crippen LogP contribution is 2.30. The Balaban J connectivity index is 1.59. The SMILES string of the molecule is CC(C)(C)OC(=O)N1CCC[C@H](Nc2nccc(-n3c(CC#N)cnc3-c3ccc(Cl)c(Cl)c3)n2)C1. The summed E-state index contributed by atoms with van der Waals surface area (Å²) >= 11 is 12.3. The average molecular weight is 528 g/mol. The van der Waals surface area contributed by atoms with Gasteiger partial charge in [0.25, 0.3) is 0 Å². The van der Waals surface area contributed by atoms with Crippen LogP contribution in [0.1, 0.15) is 39.3 Å². The van der Waals surface area contributed by atoms with E-state index >= 15 is 0 Å². The molecular formula is C25H27Cl2N7O2. The smallest absolute Gasteiger partial charge is 0.410 e. The number of anilines is 1. The van der Waals surface area contributed by atoms with E-state index in [4.69, 9.17) is 32.9 Å². The number of amides is 1. The predicted molar refractivity (Wildman–Crippen MR) is 138 cm³/mol. The molecule has 0 saturated carbocycles. The first-order valence-corrected chi connectivity index (χ1v) is 12.4. The number of nitrogens with one attached hydrogen (secondary N) is 1. The second kappa shape index (κ2) is 10.7. The van der Waals surface area contributed by atoms with E-state index < -0.39 is 5.60 Å². The van der Waals surface area contributed by atoms with Crippen LogP contribution in [-0.4, -0.2) is 55.2 Å². The standard InChI is InChI=1S/C25H27Cl2N7O2/c1-25(2,3)36-24(35)33-12-4-5-17(15-33)31-23-29-11-9-21(32-23)34-18(8-10-28)14-30-22(34)16-6-7-19(26)20(27)13-16/h6-7,9,11,13-14,17H,4-5,8,12,15H2,1-3H3,(H,29,31,32)/t17-/m0/s1. The molecule has 3 heterocycles. The fraction of sp³-hybridized carbons (Fsp3) is 0.400. The Kier molecular flexibility index (Phi) is 7.67. The Hall–Kier alpha value is -3.35. The Morgan fingerprint density at radius 2 is 2.06 bits per heavy atom. The summed E-state index contributed by atoms with van der Waals surface area (Å²) in [5.74, 6) is 1.55. The zero-order valence-electron chi connectivity index (χ0n) is 20.3. The lowest BCUT2D eigenvalue weighted by atomic mass is 10.1. The number of imidazole rings is 1. The van der Waals surface area contributed by atoms with Gasteiger partial charge in [-0.2, -0.15) is 10.2 Å². The van der Waals surface area contributed by atoms with Crippen LogP contribution in [0.25, 0.3) is 17.2 Å². The molecule has 3 aromatic rings. The van der Waals surface area contributed by atoms with E-state index in [-0.39, 0.29) is 18.6 Å². The lowest BCUT2D eigenvalue weighted by Gasteiger charge is -2.34. The highest BCUT2D eigenvalue weighted by molar-refractivity contribution is 6.42. The van der Waals surface area contributed by atoms with Crippen LogP contribution in [-0.2, 0) is 11.2 Å². The first-order chi connectivity index (χ1) is 17.1. The minimum atomic E-state index is -0.549. The molecule has 1 saturated heterocycles. The van der Waals surface area contributed by atoms with Crippen LogP contribution in [0, 0.1) is 11.3 Å². The van der Waals surface area contributed by atoms with E-state index in [1.807, 2.05) is 31.4 Å². The summed E-state index contributed by atoms with van der Waals surface area (Å²) in [6, 6.07) is 9.15. The number of hydrogen-bond donors (Lipinski definition) is 1. The number of likely N-dealkylation sites (tertiary alicyclic amines) is 1. The van der Waals surface area contributed by atoms with Crippen molar-refractivity contribution in [1.82, 2.24) is 24.4 Å². The third-order valence-corrected chi connectivity index (χ3v) is 6.29. The second-order valence-corrected chi connectivity index (χ2v) is 10.3. The summed E-state index contributed by atoms with van der Waals surface area (Å²) in [5, 5.41) is 13.5. The third kappa shape index (κ3) is 6.07. The summed E-state index contributed by atoms with van der Waals surface area (Å²) in [6.45, 7) is 6.70. The van der Waals surface area contributed by atoms with E-state index in [1.165, 1.54) is 0 Å². The number of nitrogens with zero attached hydrogens (tertiary/aromatic N) is 6. The van der Waals surface area contributed by atoms with Crippen molar-refractivity contribution in [2.24, 2.45) is 0 Å². The third-order valence-electron chi connectivity index (χ3n) is 5.55. The molecule has 1 N–H and O–H groups in total. The predicted octanol–water partition coefficient (Wildman–Crippen LogP) is 5.51. The van der Waals surface area contributed by atoms with Crippen molar-refractivity contribution in [1.29, 1.82) is 5.26 Å². The summed E-state index contributed by atoms with van der Waals surface area (Å²) in [5.41, 5.74) is 0.867. The van der Waals surface area contributed by atoms with E-state index in [0.29, 0.717) is 46.4 Å². The second-order valence-electron chi connectivity index (χ2n) is 9.52. The topological polar surface area (TPSA) is 109 Å². The van der Waals surface area contributed by atoms with Crippen LogP contribution in [0.4, 0.5) is 10.7 Å². The molecule has 0 radical (unpaired) electrons. The maximum absolute atomic E-state index is 12.5. The maximum atomic E-state index is 12.5. The number of nitriles is 1. The van der Waals surface area contributed by atoms with Gasteiger partial charge in [0.2, 0.25) is 5.95 Å². The number of aromatic nitrogens is 4. The molecule has 36 heavy (non-hydrogen) atoms. The summed E-state index contributed by atoms with van der Waals surface area (Å²) in [6.07, 6.45) is 4.82. The summed E-state index contributed by atoms with van der Waals surface area (Å²) < 4.78 is 7.33. The number of carbonyl (C=O) groups is 1. The van der Waals surface area contributed by atoms with Crippen LogP contribution in [0.3, 0.4) is 0 Å². The van der Waals surface area contributed by atoms with E-state index in [9.17, 15) is 10.1 Å². The van der Waals surface area contributed by atoms with Crippen molar-refractivity contribution in [3.05, 3.63) is 52.4 Å². The molecule has 1 fully saturated rings. The number of hydrogen-bond acceptors (Lipinski definition) is 7. The van der Waals surface area contributed by atoms with Gasteiger partial charge in [0.15, 0.2) is 0 Å². The van der Waals surface area contributed by atoms with Gasteiger partial charge in [-0.1, -0.05) is 23.2 Å². The highest BCUT2D eigenvalue weighted by atomic mass is 35.5. The molecule has 1 aliphatic rings. The molecule has 11 heteroatoms. The van der Waals surface area contributed by atoms with E-state index in [1.54, 1.807) is 35.5 Å². The monoisotopic (exact) mass is 527 g/mol. The molecule has 1 aromatic carbocycles. The highest BCUT2D eigenvalue weighted by Gasteiger charge is 2.28. The first-order valence-electron chi connectivity index (χ1n) is 11.6. The van der Waals surface area contributed by atoms with Crippen molar-refractivity contribution in [3.8, 4) is 23.3 Å². The van der Waals surface area contributed by atoms with Crippen LogP contribution >= 0.6 is 23.2 Å². The zero-order valence-corrected chi connectivity index (χ0v) is 21.8. The molecule has 1 amide bonds. The molecule has 188 valence electrons. The van der Waals surface area contributed by atoms with Gasteiger partial charge in [-0.3, -0.25) is 4.57 Å². The number of halogens is 2. The lowest BCUT2D eigenvalue weighted by molar-refractivity contribution is 0.0206. The van der Waals surface area contributed by atoms with Gasteiger partial charge in [-0.05, 0) is 57.9 Å². The van der Waals surface area contributed by atoms with Gasteiger partial charge < -0.3 is 15.0 Å². The Morgan fingerprint density at radius 3 is 2.78 bits per heavy atom. The van der Waals surface area contributed by atoms with Gasteiger partial charge in [0, 0.05) is 30.9 Å². The van der Waals surface area contributed by atoms with Crippen molar-refractivity contribution in [3.63, 3.8) is 0 Å². The van der Waals surface area contributed by atoms with Gasteiger partial charge >= 0.3 is 6.09 Å². The van der Waals surface area contributed by atoms with Crippen LogP contribution < -0.4 is 5.32 Å². The molecular weight excluding hydrogens is 501 g/mol. The molecule has 9 nitrogen and oxygen atoms in total. The Morgan fingerprint density at radius 1 is 1.25 bits per heavy atom. The maximum Gasteiger partial charge on any atom is 0.410 e. The van der Waals surface area contributed by atoms with Crippen LogP contribution in [0.15, 0.2) is 36.7 Å². The lowest BCUT2D eigenvalue weighted by Crippen LogP contribution is -2.47. The van der Waals surface area contributed by atoms with Gasteiger partial charge in [-0.15, -0.1) is 0 Å². The molecule has 4 rings (SSSR count). The fourth-order valence-corrected chi connectivity index (χ4v) is 4.30. The van der Waals surface area contributed by atoms with Crippen molar-refractivity contribution >= 4 is 35.2 Å². The molecule has 0 spiro atoms. The minimum Gasteiger partial charge on any atom is -0.444 e. The van der Waals surface area contributed by atoms with Crippen molar-refractivity contribution in [2.45, 2.75) is 51.7 Å². The number of piperidine rings is 1. The van der Waals surface area contributed by atoms with Crippen LogP contribution in [0.5, 0.6) is 0 Å². The average Bonchev–Trinajstić information content (AvgIpc) is 3.24. The number of ether oxygens (including phenoxy) is 1. The van der Waals surface area contributed by atoms with Gasteiger partial charge in [0.05, 0.1) is 34.4 Å². The number of carbonyl (C=O) groups excluding carboxylic acids is 1. The van der Waals surface area contributed by atoms with Gasteiger partial charge in [-0.25, -0.2) is 14.8 Å². The molecule has 0 bridgehead atoms. The quantitative estimate of drug-likeness (QED) is 0.465. The van der Waals surface area contributed by atoms with E-state index in [2.05, 4.69) is 21.4 Å². The van der Waals surface area contributed by atoms with Gasteiger partial charge in [0.1, 0.15) is 17.2 Å². The number of benzene rings is 1. The summed E-state index contributed by atoms with van der Waals surface area (Å²) in [4.78, 5) is 27.9. The zero-order chi connectivity index (χ0) is 25.9. The normalized spacial score (nSPS) is 15.9. The minimum absolute atomic E-state index is 0.0302. The first kappa shape index (κ1) is 25.7. The van der Waals surface area contributed by atoms with E-state index in [0.717, 1.165) is 18.4 Å². The largest absolute Gasteiger partial charge is 0.444 e. The Bertz CT molecular complexity index is 1300.